The van der Waals surface area contributed by atoms with Crippen molar-refractivity contribution in [3.63, 3.8) is 0 Å². The number of hydrogen-bond acceptors (Lipinski definition) is 3. The minimum atomic E-state index is 0.577. The maximum absolute atomic E-state index is 5.59. The van der Waals surface area contributed by atoms with Gasteiger partial charge in [0.15, 0.2) is 0 Å². The summed E-state index contributed by atoms with van der Waals surface area (Å²) in [5.41, 5.74) is 7.87. The summed E-state index contributed by atoms with van der Waals surface area (Å²) in [6, 6.07) is 4.98. The van der Waals surface area contributed by atoms with Crippen LogP contribution in [-0.2, 0) is 13.1 Å². The van der Waals surface area contributed by atoms with E-state index >= 15 is 0 Å². The summed E-state index contributed by atoms with van der Waals surface area (Å²) in [5, 5.41) is 0. The topological polar surface area (TPSA) is 42.1 Å². The lowest BCUT2D eigenvalue weighted by Crippen LogP contribution is -2.36. The monoisotopic (exact) mass is 247 g/mol. The van der Waals surface area contributed by atoms with Gasteiger partial charge in [-0.2, -0.15) is 0 Å². The average Bonchev–Trinajstić information content (AvgIpc) is 2.46. The number of hydrogen-bond donors (Lipinski definition) is 1. The minimum Gasteiger partial charge on any atom is -0.326 e. The molecule has 0 radical (unpaired) electrons. The van der Waals surface area contributed by atoms with Gasteiger partial charge in [0.25, 0.3) is 0 Å². The van der Waals surface area contributed by atoms with Crippen LogP contribution < -0.4 is 5.73 Å². The Morgan fingerprint density at radius 3 is 2.61 bits per heavy atom. The van der Waals surface area contributed by atoms with Gasteiger partial charge in [-0.3, -0.25) is 9.88 Å². The van der Waals surface area contributed by atoms with E-state index in [1.807, 2.05) is 6.20 Å². The standard InChI is InChI=1S/C15H25N3/c1-2-18(15-6-4-3-5-7-15)12-14-9-8-13(10-16)11-17-14/h8-9,11,15H,2-7,10,12,16H2,1H3. The fraction of sp³-hybridized carbons (Fsp3) is 0.667. The van der Waals surface area contributed by atoms with Crippen LogP contribution in [-0.4, -0.2) is 22.5 Å². The summed E-state index contributed by atoms with van der Waals surface area (Å²) in [6.07, 6.45) is 8.81. The molecule has 0 saturated heterocycles. The van der Waals surface area contributed by atoms with Gasteiger partial charge in [0.1, 0.15) is 0 Å². The van der Waals surface area contributed by atoms with E-state index in [0.29, 0.717) is 6.54 Å². The van der Waals surface area contributed by atoms with Crippen LogP contribution in [0.2, 0.25) is 0 Å². The largest absolute Gasteiger partial charge is 0.326 e. The number of nitrogens with two attached hydrogens (primary N) is 1. The molecule has 100 valence electrons. The molecule has 18 heavy (non-hydrogen) atoms. The van der Waals surface area contributed by atoms with Crippen molar-refractivity contribution in [2.75, 3.05) is 6.54 Å². The Morgan fingerprint density at radius 2 is 2.06 bits per heavy atom. The maximum atomic E-state index is 5.59. The molecule has 0 unspecified atom stereocenters. The van der Waals surface area contributed by atoms with Gasteiger partial charge in [0, 0.05) is 25.3 Å². The Bertz CT molecular complexity index is 341. The summed E-state index contributed by atoms with van der Waals surface area (Å²) in [5.74, 6) is 0. The highest BCUT2D eigenvalue weighted by Gasteiger charge is 2.20. The second-order valence-electron chi connectivity index (χ2n) is 5.22. The summed E-state index contributed by atoms with van der Waals surface area (Å²) in [6.45, 7) is 4.92. The molecule has 2 rings (SSSR count). The molecular formula is C15H25N3. The molecule has 1 heterocycles. The lowest BCUT2D eigenvalue weighted by atomic mass is 9.94. The van der Waals surface area contributed by atoms with Gasteiger partial charge in [0.2, 0.25) is 0 Å². The van der Waals surface area contributed by atoms with Gasteiger partial charge in [-0.25, -0.2) is 0 Å². The molecular weight excluding hydrogens is 222 g/mol. The molecule has 1 saturated carbocycles. The van der Waals surface area contributed by atoms with Crippen molar-refractivity contribution in [2.45, 2.75) is 58.2 Å². The Kier molecular flexibility index (Phi) is 5.14. The lowest BCUT2D eigenvalue weighted by Gasteiger charge is -2.33. The van der Waals surface area contributed by atoms with Crippen molar-refractivity contribution >= 4 is 0 Å². The molecule has 0 bridgehead atoms. The second kappa shape index (κ2) is 6.86. The van der Waals surface area contributed by atoms with Crippen LogP contribution in [0.1, 0.15) is 50.3 Å². The Morgan fingerprint density at radius 1 is 1.28 bits per heavy atom. The third kappa shape index (κ3) is 3.53. The highest BCUT2D eigenvalue weighted by molar-refractivity contribution is 5.13. The van der Waals surface area contributed by atoms with Crippen molar-refractivity contribution in [1.82, 2.24) is 9.88 Å². The second-order valence-corrected chi connectivity index (χ2v) is 5.22. The van der Waals surface area contributed by atoms with E-state index in [9.17, 15) is 0 Å². The fourth-order valence-electron chi connectivity index (χ4n) is 2.82. The van der Waals surface area contributed by atoms with Crippen LogP contribution in [0.3, 0.4) is 0 Å². The van der Waals surface area contributed by atoms with Gasteiger partial charge in [-0.1, -0.05) is 32.3 Å². The first-order valence-corrected chi connectivity index (χ1v) is 7.21. The molecule has 1 aromatic heterocycles. The Labute approximate surface area is 110 Å². The van der Waals surface area contributed by atoms with Crippen molar-refractivity contribution in [3.8, 4) is 0 Å². The van der Waals surface area contributed by atoms with Crippen molar-refractivity contribution < 1.29 is 0 Å². The van der Waals surface area contributed by atoms with Crippen molar-refractivity contribution in [1.29, 1.82) is 0 Å². The summed E-state index contributed by atoms with van der Waals surface area (Å²) in [4.78, 5) is 7.08. The molecule has 3 heteroatoms. The molecule has 1 fully saturated rings. The van der Waals surface area contributed by atoms with E-state index < -0.39 is 0 Å². The van der Waals surface area contributed by atoms with E-state index in [1.54, 1.807) is 0 Å². The molecule has 1 aliphatic carbocycles. The number of rotatable bonds is 5. The number of nitrogens with zero attached hydrogens (tertiary/aromatic N) is 2. The predicted octanol–water partition coefficient (Wildman–Crippen LogP) is 2.69. The quantitative estimate of drug-likeness (QED) is 0.870. The third-order valence-electron chi connectivity index (χ3n) is 3.98. The third-order valence-corrected chi connectivity index (χ3v) is 3.98. The van der Waals surface area contributed by atoms with Crippen LogP contribution in [0.15, 0.2) is 18.3 Å². The molecule has 0 aromatic carbocycles. The Hall–Kier alpha value is -0.930. The van der Waals surface area contributed by atoms with E-state index in [0.717, 1.165) is 24.7 Å². The van der Waals surface area contributed by atoms with Gasteiger partial charge in [-0.05, 0) is 31.0 Å². The summed E-state index contributed by atoms with van der Waals surface area (Å²) >= 11 is 0. The highest BCUT2D eigenvalue weighted by atomic mass is 15.2. The lowest BCUT2D eigenvalue weighted by molar-refractivity contribution is 0.154. The van der Waals surface area contributed by atoms with E-state index in [4.69, 9.17) is 5.73 Å². The minimum absolute atomic E-state index is 0.577. The van der Waals surface area contributed by atoms with E-state index in [2.05, 4.69) is 28.9 Å². The molecule has 3 nitrogen and oxygen atoms in total. The van der Waals surface area contributed by atoms with E-state index in [1.165, 1.54) is 37.8 Å². The van der Waals surface area contributed by atoms with Gasteiger partial charge in [0.05, 0.1) is 5.69 Å². The highest BCUT2D eigenvalue weighted by Crippen LogP contribution is 2.23. The van der Waals surface area contributed by atoms with Gasteiger partial charge in [-0.15, -0.1) is 0 Å². The summed E-state index contributed by atoms with van der Waals surface area (Å²) < 4.78 is 0. The molecule has 0 atom stereocenters. The van der Waals surface area contributed by atoms with Gasteiger partial charge < -0.3 is 5.73 Å². The van der Waals surface area contributed by atoms with Crippen LogP contribution in [0.4, 0.5) is 0 Å². The van der Waals surface area contributed by atoms with Crippen molar-refractivity contribution in [2.24, 2.45) is 5.73 Å². The smallest absolute Gasteiger partial charge is 0.0544 e. The van der Waals surface area contributed by atoms with Gasteiger partial charge >= 0.3 is 0 Å². The van der Waals surface area contributed by atoms with Crippen LogP contribution in [0.5, 0.6) is 0 Å². The van der Waals surface area contributed by atoms with Crippen LogP contribution in [0, 0.1) is 0 Å². The first-order chi connectivity index (χ1) is 8.83. The van der Waals surface area contributed by atoms with E-state index in [-0.39, 0.29) is 0 Å². The first-order valence-electron chi connectivity index (χ1n) is 7.21. The zero-order valence-corrected chi connectivity index (χ0v) is 11.4. The number of aromatic nitrogens is 1. The zero-order chi connectivity index (χ0) is 12.8. The fourth-order valence-corrected chi connectivity index (χ4v) is 2.82. The molecule has 0 amide bonds. The first kappa shape index (κ1) is 13.5. The van der Waals surface area contributed by atoms with Crippen LogP contribution >= 0.6 is 0 Å². The SMILES string of the molecule is CCN(Cc1ccc(CN)cn1)C1CCCCC1. The van der Waals surface area contributed by atoms with Crippen LogP contribution in [0.25, 0.3) is 0 Å². The van der Waals surface area contributed by atoms with Crippen molar-refractivity contribution in [3.05, 3.63) is 29.6 Å². The predicted molar refractivity (Wildman–Crippen MR) is 75.1 cm³/mol. The zero-order valence-electron chi connectivity index (χ0n) is 11.4. The molecule has 0 aliphatic heterocycles. The Balaban J connectivity index is 1.95. The maximum Gasteiger partial charge on any atom is 0.0544 e. The molecule has 2 N–H and O–H groups in total. The normalized spacial score (nSPS) is 17.3. The molecule has 1 aromatic rings. The summed E-state index contributed by atoms with van der Waals surface area (Å²) in [7, 11) is 0. The number of pyridine rings is 1. The molecule has 0 spiro atoms. The molecule has 1 aliphatic rings. The average molecular weight is 247 g/mol.